The lowest BCUT2D eigenvalue weighted by atomic mass is 9.89. The molecule has 1 unspecified atom stereocenters. The highest BCUT2D eigenvalue weighted by Crippen LogP contribution is 2.37. The van der Waals surface area contributed by atoms with Gasteiger partial charge in [-0.15, -0.1) is 11.8 Å². The Bertz CT molecular complexity index is 988. The maximum Gasteiger partial charge on any atom is 0.328 e. The van der Waals surface area contributed by atoms with E-state index >= 15 is 0 Å². The van der Waals surface area contributed by atoms with E-state index in [1.54, 1.807) is 7.11 Å². The number of rotatable bonds is 9. The van der Waals surface area contributed by atoms with Gasteiger partial charge in [-0.25, -0.2) is 9.59 Å². The number of carboxylic acids is 2. The molecule has 1 saturated heterocycles. The molecule has 0 radical (unpaired) electrons. The minimum Gasteiger partial charge on any atom is -0.490 e. The van der Waals surface area contributed by atoms with Gasteiger partial charge in [-0.05, 0) is 67.6 Å². The van der Waals surface area contributed by atoms with Crippen molar-refractivity contribution in [1.82, 2.24) is 4.90 Å². The number of aliphatic carboxylic acids is 2. The van der Waals surface area contributed by atoms with Crippen molar-refractivity contribution in [2.75, 3.05) is 39.1 Å². The van der Waals surface area contributed by atoms with Crippen LogP contribution in [0.1, 0.15) is 36.3 Å². The topological polar surface area (TPSA) is 96.3 Å². The third kappa shape index (κ3) is 9.00. The lowest BCUT2D eigenvalue weighted by Gasteiger charge is -2.34. The Morgan fingerprint density at radius 1 is 1.06 bits per heavy atom. The van der Waals surface area contributed by atoms with Crippen molar-refractivity contribution in [3.8, 4) is 5.75 Å². The molecule has 0 amide bonds. The molecule has 2 aliphatic rings. The van der Waals surface area contributed by atoms with E-state index in [1.165, 1.54) is 47.5 Å². The first-order valence-corrected chi connectivity index (χ1v) is 13.3. The zero-order chi connectivity index (χ0) is 25.8. The molecule has 0 spiro atoms. The van der Waals surface area contributed by atoms with Gasteiger partial charge in [-0.3, -0.25) is 0 Å². The molecule has 4 rings (SSSR count). The van der Waals surface area contributed by atoms with Gasteiger partial charge >= 0.3 is 11.9 Å². The van der Waals surface area contributed by atoms with Crippen molar-refractivity contribution in [2.45, 2.75) is 42.6 Å². The lowest BCUT2D eigenvalue weighted by molar-refractivity contribution is -0.134. The fourth-order valence-corrected chi connectivity index (χ4v) is 5.57. The zero-order valence-electron chi connectivity index (χ0n) is 20.7. The van der Waals surface area contributed by atoms with Gasteiger partial charge in [0.25, 0.3) is 0 Å². The average Bonchev–Trinajstić information content (AvgIpc) is 2.91. The molecule has 7 nitrogen and oxygen atoms in total. The number of hydrogen-bond acceptors (Lipinski definition) is 6. The van der Waals surface area contributed by atoms with Crippen LogP contribution in [0.3, 0.4) is 0 Å². The first-order chi connectivity index (χ1) is 17.5. The van der Waals surface area contributed by atoms with Crippen molar-refractivity contribution in [3.05, 3.63) is 71.8 Å². The number of likely N-dealkylation sites (tertiary alicyclic amines) is 1. The third-order valence-corrected chi connectivity index (χ3v) is 7.59. The summed E-state index contributed by atoms with van der Waals surface area (Å²) in [7, 11) is 1.81. The van der Waals surface area contributed by atoms with E-state index < -0.39 is 11.9 Å². The number of carbonyl (C=O) groups is 2. The summed E-state index contributed by atoms with van der Waals surface area (Å²) in [5.41, 5.74) is 2.92. The van der Waals surface area contributed by atoms with Gasteiger partial charge in [0, 0.05) is 25.8 Å². The number of ether oxygens (including phenoxy) is 2. The highest BCUT2D eigenvalue weighted by Gasteiger charge is 2.23. The van der Waals surface area contributed by atoms with E-state index in [2.05, 4.69) is 53.4 Å². The molecule has 1 atom stereocenters. The molecule has 2 N–H and O–H groups in total. The number of piperidine rings is 1. The molecule has 2 aromatic carbocycles. The number of fused-ring (bicyclic) bond motifs is 1. The maximum absolute atomic E-state index is 9.55. The van der Waals surface area contributed by atoms with Gasteiger partial charge in [0.2, 0.25) is 0 Å². The second kappa shape index (κ2) is 14.7. The number of carboxylic acid groups (broad SMARTS) is 2. The molecule has 36 heavy (non-hydrogen) atoms. The largest absolute Gasteiger partial charge is 0.490 e. The maximum atomic E-state index is 9.55. The number of aryl methyl sites for hydroxylation is 1. The van der Waals surface area contributed by atoms with Crippen LogP contribution < -0.4 is 4.74 Å². The van der Waals surface area contributed by atoms with Crippen LogP contribution in [0.5, 0.6) is 5.75 Å². The van der Waals surface area contributed by atoms with E-state index in [0.29, 0.717) is 24.7 Å². The Morgan fingerprint density at radius 3 is 2.39 bits per heavy atom. The predicted molar refractivity (Wildman–Crippen MR) is 141 cm³/mol. The van der Waals surface area contributed by atoms with Crippen molar-refractivity contribution in [1.29, 1.82) is 0 Å². The van der Waals surface area contributed by atoms with Gasteiger partial charge in [0.05, 0.1) is 4.90 Å². The summed E-state index contributed by atoms with van der Waals surface area (Å²) in [5, 5.41) is 15.6. The molecule has 2 aromatic rings. The molecule has 1 fully saturated rings. The minimum absolute atomic E-state index is 0.109. The van der Waals surface area contributed by atoms with Crippen LogP contribution in [0.25, 0.3) is 0 Å². The molecule has 2 aliphatic heterocycles. The number of methoxy groups -OCH3 is 1. The minimum atomic E-state index is -1.26. The van der Waals surface area contributed by atoms with Crippen molar-refractivity contribution >= 4 is 23.7 Å². The zero-order valence-corrected chi connectivity index (χ0v) is 21.5. The Morgan fingerprint density at radius 2 is 1.75 bits per heavy atom. The van der Waals surface area contributed by atoms with Crippen LogP contribution in [0.2, 0.25) is 0 Å². The first-order valence-electron chi connectivity index (χ1n) is 12.3. The first kappa shape index (κ1) is 27.8. The third-order valence-electron chi connectivity index (χ3n) is 6.34. The molecular formula is C28H35NO6S. The van der Waals surface area contributed by atoms with E-state index in [9.17, 15) is 9.59 Å². The van der Waals surface area contributed by atoms with Gasteiger partial charge in [0.15, 0.2) is 0 Å². The molecule has 8 heteroatoms. The number of benzene rings is 2. The molecule has 194 valence electrons. The Balaban J connectivity index is 0.000000392. The van der Waals surface area contributed by atoms with E-state index in [-0.39, 0.29) is 6.10 Å². The summed E-state index contributed by atoms with van der Waals surface area (Å²) < 4.78 is 12.0. The van der Waals surface area contributed by atoms with Crippen molar-refractivity contribution in [3.63, 3.8) is 0 Å². The second-order valence-corrected chi connectivity index (χ2v) is 9.97. The Kier molecular flexibility index (Phi) is 11.3. The summed E-state index contributed by atoms with van der Waals surface area (Å²) in [6.45, 7) is 3.83. The summed E-state index contributed by atoms with van der Waals surface area (Å²) >= 11 is 1.93. The monoisotopic (exact) mass is 513 g/mol. The SMILES string of the molecule is COC(COc1cccc2c1SCCC2)CN1CCC(c2ccccc2)CC1.O=C(O)C=CC(=O)O. The molecular weight excluding hydrogens is 478 g/mol. The number of nitrogens with zero attached hydrogens (tertiary/aromatic N) is 1. The molecule has 2 heterocycles. The molecule has 0 bridgehead atoms. The summed E-state index contributed by atoms with van der Waals surface area (Å²) in [6, 6.07) is 17.4. The Hall–Kier alpha value is -2.81. The molecule has 0 saturated carbocycles. The second-order valence-electron chi connectivity index (χ2n) is 8.86. The Labute approximate surface area is 217 Å². The van der Waals surface area contributed by atoms with Crippen LogP contribution in [0.4, 0.5) is 0 Å². The van der Waals surface area contributed by atoms with Crippen LogP contribution in [-0.4, -0.2) is 72.3 Å². The number of thioether (sulfide) groups is 1. The van der Waals surface area contributed by atoms with E-state index in [1.807, 2.05) is 11.8 Å². The summed E-state index contributed by atoms with van der Waals surface area (Å²) in [6.07, 6.45) is 6.11. The molecule has 0 aromatic heterocycles. The van der Waals surface area contributed by atoms with Crippen LogP contribution in [0.15, 0.2) is 65.6 Å². The molecule has 0 aliphatic carbocycles. The predicted octanol–water partition coefficient (Wildman–Crippen LogP) is 4.71. The van der Waals surface area contributed by atoms with Gasteiger partial charge in [-0.2, -0.15) is 0 Å². The van der Waals surface area contributed by atoms with Crippen molar-refractivity contribution in [2.24, 2.45) is 0 Å². The smallest absolute Gasteiger partial charge is 0.328 e. The average molecular weight is 514 g/mol. The summed E-state index contributed by atoms with van der Waals surface area (Å²) in [4.78, 5) is 23.0. The standard InChI is InChI=1S/C24H31NO2S.C4H4O4/c1-26-22(18-27-23-11-5-9-21-10-6-16-28-24(21)23)17-25-14-12-20(13-15-25)19-7-3-2-4-8-19;5-3(6)1-2-4(7)8/h2-5,7-9,11,20,22H,6,10,12-18H2,1H3;1-2H,(H,5,6)(H,7,8). The van der Waals surface area contributed by atoms with Gasteiger partial charge < -0.3 is 24.6 Å². The van der Waals surface area contributed by atoms with Crippen LogP contribution in [-0.2, 0) is 20.7 Å². The van der Waals surface area contributed by atoms with Crippen molar-refractivity contribution < 1.29 is 29.3 Å². The normalized spacial score (nSPS) is 17.0. The highest BCUT2D eigenvalue weighted by molar-refractivity contribution is 7.99. The van der Waals surface area contributed by atoms with Gasteiger partial charge in [0.1, 0.15) is 18.5 Å². The van der Waals surface area contributed by atoms with E-state index in [4.69, 9.17) is 19.7 Å². The van der Waals surface area contributed by atoms with E-state index in [0.717, 1.165) is 25.4 Å². The van der Waals surface area contributed by atoms with Crippen LogP contribution in [0, 0.1) is 0 Å². The van der Waals surface area contributed by atoms with Crippen LogP contribution >= 0.6 is 11.8 Å². The fraction of sp³-hybridized carbons (Fsp3) is 0.429. The van der Waals surface area contributed by atoms with Gasteiger partial charge in [-0.1, -0.05) is 42.5 Å². The fourth-order valence-electron chi connectivity index (χ4n) is 4.46. The lowest BCUT2D eigenvalue weighted by Crippen LogP contribution is -2.41. The highest BCUT2D eigenvalue weighted by atomic mass is 32.2. The summed E-state index contributed by atoms with van der Waals surface area (Å²) in [5.74, 6) is 0.409. The quantitative estimate of drug-likeness (QED) is 0.466. The number of hydrogen-bond donors (Lipinski definition) is 2.